The summed E-state index contributed by atoms with van der Waals surface area (Å²) in [6.45, 7) is 2.19. The van der Waals surface area contributed by atoms with Crippen LogP contribution >= 0.6 is 0 Å². The molecule has 68 valence electrons. The Balaban J connectivity index is 2.26. The molecule has 3 heteroatoms. The molecule has 1 aliphatic carbocycles. The highest BCUT2D eigenvalue weighted by Gasteiger charge is 2.21. The summed E-state index contributed by atoms with van der Waals surface area (Å²) in [4.78, 5) is 10.1. The van der Waals surface area contributed by atoms with Crippen LogP contribution in [0.2, 0.25) is 0 Å². The van der Waals surface area contributed by atoms with Gasteiger partial charge in [0.25, 0.3) is 0 Å². The number of carboxylic acids is 1. The molecule has 0 spiro atoms. The van der Waals surface area contributed by atoms with Crippen molar-refractivity contribution < 1.29 is 9.90 Å². The molecular weight excluding hydrogens is 154 g/mol. The van der Waals surface area contributed by atoms with Crippen LogP contribution in [0.4, 0.5) is 0 Å². The second-order valence-electron chi connectivity index (χ2n) is 3.35. The smallest absolute Gasteiger partial charge is 0.329 e. The SMILES string of the molecule is CC1CCCC1N/C=C/C(=O)O. The minimum Gasteiger partial charge on any atom is -0.478 e. The Bertz CT molecular complexity index is 189. The summed E-state index contributed by atoms with van der Waals surface area (Å²) in [5, 5.41) is 11.4. The van der Waals surface area contributed by atoms with Crippen LogP contribution in [0.1, 0.15) is 26.2 Å². The first-order chi connectivity index (χ1) is 5.70. The van der Waals surface area contributed by atoms with E-state index in [0.717, 1.165) is 12.5 Å². The molecule has 2 N–H and O–H groups in total. The Hall–Kier alpha value is -0.990. The second-order valence-corrected chi connectivity index (χ2v) is 3.35. The van der Waals surface area contributed by atoms with Crippen molar-refractivity contribution >= 4 is 5.97 Å². The van der Waals surface area contributed by atoms with Gasteiger partial charge in [0.1, 0.15) is 0 Å². The van der Waals surface area contributed by atoms with Crippen molar-refractivity contribution in [3.05, 3.63) is 12.3 Å². The molecule has 0 aromatic heterocycles. The summed E-state index contributed by atoms with van der Waals surface area (Å²) in [6, 6.07) is 0.473. The van der Waals surface area contributed by atoms with Crippen molar-refractivity contribution in [1.82, 2.24) is 5.32 Å². The normalized spacial score (nSPS) is 29.4. The third kappa shape index (κ3) is 2.57. The van der Waals surface area contributed by atoms with Crippen molar-refractivity contribution in [2.75, 3.05) is 0 Å². The first kappa shape index (κ1) is 9.10. The summed E-state index contributed by atoms with van der Waals surface area (Å²) in [6.07, 6.45) is 6.34. The summed E-state index contributed by atoms with van der Waals surface area (Å²) >= 11 is 0. The molecule has 0 amide bonds. The van der Waals surface area contributed by atoms with Crippen molar-refractivity contribution in [3.8, 4) is 0 Å². The molecule has 0 aromatic carbocycles. The maximum atomic E-state index is 10.1. The highest BCUT2D eigenvalue weighted by Crippen LogP contribution is 2.24. The van der Waals surface area contributed by atoms with Gasteiger partial charge in [-0.15, -0.1) is 0 Å². The van der Waals surface area contributed by atoms with E-state index in [1.165, 1.54) is 19.0 Å². The lowest BCUT2D eigenvalue weighted by Gasteiger charge is -2.14. The molecule has 12 heavy (non-hydrogen) atoms. The van der Waals surface area contributed by atoms with E-state index in [-0.39, 0.29) is 0 Å². The Morgan fingerprint density at radius 2 is 2.33 bits per heavy atom. The zero-order valence-corrected chi connectivity index (χ0v) is 7.29. The molecule has 0 radical (unpaired) electrons. The fourth-order valence-corrected chi connectivity index (χ4v) is 1.64. The van der Waals surface area contributed by atoms with Crippen LogP contribution in [0, 0.1) is 5.92 Å². The quantitative estimate of drug-likeness (QED) is 0.627. The maximum absolute atomic E-state index is 10.1. The molecule has 0 heterocycles. The topological polar surface area (TPSA) is 49.3 Å². The zero-order chi connectivity index (χ0) is 8.97. The minimum absolute atomic E-state index is 0.473. The van der Waals surface area contributed by atoms with Crippen molar-refractivity contribution in [1.29, 1.82) is 0 Å². The lowest BCUT2D eigenvalue weighted by atomic mass is 10.1. The number of hydrogen-bond donors (Lipinski definition) is 2. The van der Waals surface area contributed by atoms with Gasteiger partial charge in [-0.25, -0.2) is 4.79 Å². The minimum atomic E-state index is -0.895. The fourth-order valence-electron chi connectivity index (χ4n) is 1.64. The highest BCUT2D eigenvalue weighted by molar-refractivity contribution is 5.79. The van der Waals surface area contributed by atoms with Gasteiger partial charge in [-0.05, 0) is 18.8 Å². The standard InChI is InChI=1S/C9H15NO2/c1-7-3-2-4-8(7)10-6-5-9(11)12/h5-8,10H,2-4H2,1H3,(H,11,12)/b6-5+. The number of hydrogen-bond acceptors (Lipinski definition) is 2. The largest absolute Gasteiger partial charge is 0.478 e. The van der Waals surface area contributed by atoms with Crippen LogP contribution in [0.3, 0.4) is 0 Å². The van der Waals surface area contributed by atoms with Crippen molar-refractivity contribution in [2.24, 2.45) is 5.92 Å². The monoisotopic (exact) mass is 169 g/mol. The Morgan fingerprint density at radius 1 is 1.58 bits per heavy atom. The van der Waals surface area contributed by atoms with Gasteiger partial charge in [0, 0.05) is 18.3 Å². The average Bonchev–Trinajstić information content (AvgIpc) is 2.36. The van der Waals surface area contributed by atoms with Crippen LogP contribution in [0.15, 0.2) is 12.3 Å². The van der Waals surface area contributed by atoms with Gasteiger partial charge < -0.3 is 10.4 Å². The molecule has 0 saturated heterocycles. The van der Waals surface area contributed by atoms with E-state index in [1.807, 2.05) is 0 Å². The van der Waals surface area contributed by atoms with E-state index in [1.54, 1.807) is 0 Å². The van der Waals surface area contributed by atoms with Gasteiger partial charge in [0.15, 0.2) is 0 Å². The lowest BCUT2D eigenvalue weighted by molar-refractivity contribution is -0.131. The zero-order valence-electron chi connectivity index (χ0n) is 7.29. The molecular formula is C9H15NO2. The van der Waals surface area contributed by atoms with Crippen LogP contribution in [-0.2, 0) is 4.79 Å². The van der Waals surface area contributed by atoms with Gasteiger partial charge in [0.05, 0.1) is 0 Å². The number of aliphatic carboxylic acids is 1. The van der Waals surface area contributed by atoms with Crippen LogP contribution < -0.4 is 5.32 Å². The number of carboxylic acid groups (broad SMARTS) is 1. The van der Waals surface area contributed by atoms with Gasteiger partial charge in [-0.2, -0.15) is 0 Å². The molecule has 2 unspecified atom stereocenters. The van der Waals surface area contributed by atoms with Crippen LogP contribution in [0.5, 0.6) is 0 Å². The Labute approximate surface area is 72.5 Å². The van der Waals surface area contributed by atoms with Crippen molar-refractivity contribution in [3.63, 3.8) is 0 Å². The summed E-state index contributed by atoms with van der Waals surface area (Å²) in [5.74, 6) is -0.225. The van der Waals surface area contributed by atoms with E-state index in [2.05, 4.69) is 12.2 Å². The first-order valence-corrected chi connectivity index (χ1v) is 4.35. The molecule has 0 aromatic rings. The van der Waals surface area contributed by atoms with E-state index in [9.17, 15) is 4.79 Å². The van der Waals surface area contributed by atoms with E-state index >= 15 is 0 Å². The number of rotatable bonds is 3. The summed E-state index contributed by atoms with van der Waals surface area (Å²) < 4.78 is 0. The molecule has 0 aliphatic heterocycles. The Morgan fingerprint density at radius 3 is 2.83 bits per heavy atom. The number of nitrogens with one attached hydrogen (secondary N) is 1. The van der Waals surface area contributed by atoms with E-state index in [0.29, 0.717) is 12.0 Å². The molecule has 1 rings (SSSR count). The second kappa shape index (κ2) is 4.14. The van der Waals surface area contributed by atoms with Crippen LogP contribution in [-0.4, -0.2) is 17.1 Å². The molecule has 1 fully saturated rings. The molecule has 3 nitrogen and oxygen atoms in total. The maximum Gasteiger partial charge on any atom is 0.329 e. The lowest BCUT2D eigenvalue weighted by Crippen LogP contribution is -2.26. The molecule has 1 saturated carbocycles. The highest BCUT2D eigenvalue weighted by atomic mass is 16.4. The summed E-state index contributed by atoms with van der Waals surface area (Å²) in [5.41, 5.74) is 0. The van der Waals surface area contributed by atoms with Gasteiger partial charge >= 0.3 is 5.97 Å². The first-order valence-electron chi connectivity index (χ1n) is 4.35. The third-order valence-electron chi connectivity index (χ3n) is 2.40. The van der Waals surface area contributed by atoms with E-state index < -0.39 is 5.97 Å². The van der Waals surface area contributed by atoms with E-state index in [4.69, 9.17) is 5.11 Å². The summed E-state index contributed by atoms with van der Waals surface area (Å²) in [7, 11) is 0. The average molecular weight is 169 g/mol. The predicted octanol–water partition coefficient (Wildman–Crippen LogP) is 1.36. The molecule has 1 aliphatic rings. The number of carbonyl (C=O) groups is 1. The van der Waals surface area contributed by atoms with Gasteiger partial charge in [0.2, 0.25) is 0 Å². The van der Waals surface area contributed by atoms with Crippen LogP contribution in [0.25, 0.3) is 0 Å². The molecule has 2 atom stereocenters. The van der Waals surface area contributed by atoms with Gasteiger partial charge in [-0.1, -0.05) is 13.3 Å². The Kier molecular flexibility index (Phi) is 3.14. The fraction of sp³-hybridized carbons (Fsp3) is 0.667. The van der Waals surface area contributed by atoms with Gasteiger partial charge in [-0.3, -0.25) is 0 Å². The van der Waals surface area contributed by atoms with Crippen molar-refractivity contribution in [2.45, 2.75) is 32.2 Å². The predicted molar refractivity (Wildman–Crippen MR) is 46.7 cm³/mol. The third-order valence-corrected chi connectivity index (χ3v) is 2.40. The molecule has 0 bridgehead atoms.